The first-order valence-corrected chi connectivity index (χ1v) is 13.0. The lowest BCUT2D eigenvalue weighted by Gasteiger charge is -2.33. The first-order chi connectivity index (χ1) is 19.3. The second-order valence-electron chi connectivity index (χ2n) is 10.6. The first kappa shape index (κ1) is 27.0. The van der Waals surface area contributed by atoms with Crippen LogP contribution in [0.4, 0.5) is 0 Å². The summed E-state index contributed by atoms with van der Waals surface area (Å²) in [5, 5.41) is 13.7. The van der Waals surface area contributed by atoms with Crippen LogP contribution in [0.1, 0.15) is 49.3 Å². The summed E-state index contributed by atoms with van der Waals surface area (Å²) in [4.78, 5) is 23.4. The molecule has 1 atom stereocenters. The van der Waals surface area contributed by atoms with Crippen LogP contribution in [-0.4, -0.2) is 49.3 Å². The van der Waals surface area contributed by atoms with Crippen molar-refractivity contribution in [1.29, 1.82) is 0 Å². The van der Waals surface area contributed by atoms with Crippen LogP contribution in [-0.2, 0) is 18.6 Å². The third-order valence-corrected chi connectivity index (χ3v) is 6.75. The lowest BCUT2D eigenvalue weighted by molar-refractivity contribution is 0.184. The molecule has 3 heterocycles. The highest BCUT2D eigenvalue weighted by atomic mass is 16.5. The fraction of sp³-hybridized carbons (Fsp3) is 0.300. The molecule has 0 unspecified atom stereocenters. The maximum atomic E-state index is 13.8. The Bertz CT molecular complexity index is 1600. The smallest absolute Gasteiger partial charge is 0.253 e. The monoisotopic (exact) mass is 539 g/mol. The summed E-state index contributed by atoms with van der Waals surface area (Å²) in [5.41, 5.74) is 2.58. The van der Waals surface area contributed by atoms with Gasteiger partial charge in [0.15, 0.2) is 17.3 Å². The van der Waals surface area contributed by atoms with Gasteiger partial charge in [-0.15, -0.1) is 5.10 Å². The summed E-state index contributed by atoms with van der Waals surface area (Å²) < 4.78 is 12.8. The van der Waals surface area contributed by atoms with Gasteiger partial charge in [-0.25, -0.2) is 4.68 Å². The van der Waals surface area contributed by atoms with Crippen LogP contribution in [0.3, 0.4) is 0 Å². The van der Waals surface area contributed by atoms with E-state index in [1.54, 1.807) is 31.2 Å². The number of tetrazole rings is 1. The third kappa shape index (κ3) is 5.57. The quantitative estimate of drug-likeness (QED) is 0.292. The molecule has 5 aromatic rings. The molecular weight excluding hydrogens is 506 g/mol. The first-order valence-electron chi connectivity index (χ1n) is 13.0. The van der Waals surface area contributed by atoms with E-state index in [1.165, 1.54) is 0 Å². The van der Waals surface area contributed by atoms with Crippen molar-refractivity contribution in [3.63, 3.8) is 0 Å². The SMILES string of the molecule is COc1cc2cc([C@@H](c3nnnn3C(C)(C)C)N(Cc3ccccc3)Cc3cccnc3)c(=O)[nH]c2cc1OC. The summed E-state index contributed by atoms with van der Waals surface area (Å²) in [6, 6.07) is 19.0. The predicted molar refractivity (Wildman–Crippen MR) is 152 cm³/mol. The molecular formula is C30H33N7O3. The van der Waals surface area contributed by atoms with Crippen molar-refractivity contribution < 1.29 is 9.47 Å². The Kier molecular flexibility index (Phi) is 7.61. The molecule has 0 aliphatic heterocycles. The molecule has 206 valence electrons. The van der Waals surface area contributed by atoms with E-state index < -0.39 is 11.6 Å². The highest BCUT2D eigenvalue weighted by Gasteiger charge is 2.33. The zero-order valence-corrected chi connectivity index (χ0v) is 23.3. The zero-order chi connectivity index (χ0) is 28.3. The number of ether oxygens (including phenoxy) is 2. The van der Waals surface area contributed by atoms with Crippen molar-refractivity contribution in [2.75, 3.05) is 14.2 Å². The summed E-state index contributed by atoms with van der Waals surface area (Å²) in [7, 11) is 3.16. The number of methoxy groups -OCH3 is 2. The van der Waals surface area contributed by atoms with Crippen LogP contribution in [0, 0.1) is 0 Å². The number of aromatic nitrogens is 6. The number of aromatic amines is 1. The van der Waals surface area contributed by atoms with Crippen LogP contribution < -0.4 is 15.0 Å². The molecule has 0 radical (unpaired) electrons. The minimum atomic E-state index is -0.587. The lowest BCUT2D eigenvalue weighted by Crippen LogP contribution is -2.37. The van der Waals surface area contributed by atoms with Gasteiger partial charge in [0.1, 0.15) is 6.04 Å². The number of hydrogen-bond donors (Lipinski definition) is 1. The van der Waals surface area contributed by atoms with E-state index in [0.29, 0.717) is 41.5 Å². The normalized spacial score (nSPS) is 12.6. The van der Waals surface area contributed by atoms with Crippen LogP contribution in [0.2, 0.25) is 0 Å². The average molecular weight is 540 g/mol. The number of fused-ring (bicyclic) bond motifs is 1. The van der Waals surface area contributed by atoms with E-state index in [1.807, 2.05) is 69.4 Å². The van der Waals surface area contributed by atoms with Crippen LogP contribution >= 0.6 is 0 Å². The minimum absolute atomic E-state index is 0.238. The fourth-order valence-corrected chi connectivity index (χ4v) is 4.88. The molecule has 0 saturated carbocycles. The third-order valence-electron chi connectivity index (χ3n) is 6.75. The average Bonchev–Trinajstić information content (AvgIpc) is 3.44. The molecule has 1 N–H and O–H groups in total. The second kappa shape index (κ2) is 11.3. The van der Waals surface area contributed by atoms with Crippen LogP contribution in [0.15, 0.2) is 77.9 Å². The van der Waals surface area contributed by atoms with Gasteiger partial charge in [0.2, 0.25) is 0 Å². The summed E-state index contributed by atoms with van der Waals surface area (Å²) in [6.45, 7) is 7.16. The van der Waals surface area contributed by atoms with Crippen LogP contribution in [0.25, 0.3) is 10.9 Å². The summed E-state index contributed by atoms with van der Waals surface area (Å²) in [6.07, 6.45) is 3.59. The van der Waals surface area contributed by atoms with Gasteiger partial charge in [-0.3, -0.25) is 14.7 Å². The van der Waals surface area contributed by atoms with Crippen molar-refractivity contribution in [2.24, 2.45) is 0 Å². The van der Waals surface area contributed by atoms with Gasteiger partial charge in [-0.2, -0.15) is 0 Å². The van der Waals surface area contributed by atoms with Crippen molar-refractivity contribution in [2.45, 2.75) is 45.4 Å². The molecule has 0 aliphatic carbocycles. The Morgan fingerprint density at radius 3 is 2.33 bits per heavy atom. The molecule has 3 aromatic heterocycles. The molecule has 0 aliphatic rings. The Morgan fingerprint density at radius 1 is 0.950 bits per heavy atom. The number of benzene rings is 2. The largest absolute Gasteiger partial charge is 0.493 e. The van der Waals surface area contributed by atoms with Gasteiger partial charge in [-0.1, -0.05) is 36.4 Å². The number of nitrogens with zero attached hydrogens (tertiary/aromatic N) is 6. The van der Waals surface area contributed by atoms with E-state index >= 15 is 0 Å². The minimum Gasteiger partial charge on any atom is -0.493 e. The van der Waals surface area contributed by atoms with Gasteiger partial charge < -0.3 is 14.5 Å². The Labute approximate surface area is 232 Å². The maximum Gasteiger partial charge on any atom is 0.253 e. The van der Waals surface area contributed by atoms with Crippen molar-refractivity contribution >= 4 is 10.9 Å². The van der Waals surface area contributed by atoms with Gasteiger partial charge in [0, 0.05) is 42.5 Å². The number of pyridine rings is 2. The van der Waals surface area contributed by atoms with Gasteiger partial charge in [0.05, 0.1) is 25.3 Å². The zero-order valence-electron chi connectivity index (χ0n) is 23.3. The lowest BCUT2D eigenvalue weighted by atomic mass is 10.00. The molecule has 0 fully saturated rings. The molecule has 10 heteroatoms. The van der Waals surface area contributed by atoms with E-state index in [-0.39, 0.29) is 5.56 Å². The highest BCUT2D eigenvalue weighted by Crippen LogP contribution is 2.35. The van der Waals surface area contributed by atoms with E-state index in [9.17, 15) is 4.79 Å². The number of nitrogens with one attached hydrogen (secondary N) is 1. The maximum absolute atomic E-state index is 13.8. The molecule has 0 amide bonds. The Balaban J connectivity index is 1.74. The second-order valence-corrected chi connectivity index (χ2v) is 10.6. The van der Waals surface area contributed by atoms with Gasteiger partial charge in [-0.05, 0) is 60.5 Å². The molecule has 0 saturated heterocycles. The van der Waals surface area contributed by atoms with E-state index in [2.05, 4.69) is 42.5 Å². The molecule has 40 heavy (non-hydrogen) atoms. The van der Waals surface area contributed by atoms with Crippen LogP contribution in [0.5, 0.6) is 11.5 Å². The molecule has 5 rings (SSSR count). The van der Waals surface area contributed by atoms with Gasteiger partial charge >= 0.3 is 0 Å². The molecule has 0 bridgehead atoms. The summed E-state index contributed by atoms with van der Waals surface area (Å²) in [5.74, 6) is 1.67. The van der Waals surface area contributed by atoms with E-state index in [0.717, 1.165) is 16.5 Å². The fourth-order valence-electron chi connectivity index (χ4n) is 4.88. The van der Waals surface area contributed by atoms with Crippen molar-refractivity contribution in [3.05, 3.63) is 106 Å². The highest BCUT2D eigenvalue weighted by molar-refractivity contribution is 5.83. The van der Waals surface area contributed by atoms with Gasteiger partial charge in [0.25, 0.3) is 5.56 Å². The Morgan fingerprint density at radius 2 is 1.65 bits per heavy atom. The standard InChI is InChI=1S/C30H33N7O3/c1-30(2,3)37-28(33-34-35-37)27(23-14-22-15-25(39-4)26(40-5)16-24(22)32-29(23)38)36(18-20-10-7-6-8-11-20)19-21-12-9-13-31-17-21/h6-17,27H,18-19H2,1-5H3,(H,32,38)/t27-/m0/s1. The van der Waals surface area contributed by atoms with Crippen molar-refractivity contribution in [1.82, 2.24) is 35.1 Å². The topological polar surface area (TPSA) is 111 Å². The Hall–Kier alpha value is -4.57. The summed E-state index contributed by atoms with van der Waals surface area (Å²) >= 11 is 0. The molecule has 10 nitrogen and oxygen atoms in total. The molecule has 2 aromatic carbocycles. The number of H-pyrrole nitrogens is 1. The number of hydrogen-bond acceptors (Lipinski definition) is 8. The molecule has 0 spiro atoms. The number of rotatable bonds is 9. The van der Waals surface area contributed by atoms with Crippen molar-refractivity contribution in [3.8, 4) is 11.5 Å². The van der Waals surface area contributed by atoms with E-state index in [4.69, 9.17) is 9.47 Å². The predicted octanol–water partition coefficient (Wildman–Crippen LogP) is 4.47.